The summed E-state index contributed by atoms with van der Waals surface area (Å²) in [5, 5.41) is 0. The number of allylic oxidation sites excluding steroid dienone is 2. The van der Waals surface area contributed by atoms with Gasteiger partial charge in [-0.25, -0.2) is 0 Å². The second-order valence-electron chi connectivity index (χ2n) is 6.05. The molecular formula is C13H24OSi. The van der Waals surface area contributed by atoms with Crippen LogP contribution in [0.3, 0.4) is 0 Å². The van der Waals surface area contributed by atoms with Gasteiger partial charge in [-0.3, -0.25) is 0 Å². The summed E-state index contributed by atoms with van der Waals surface area (Å²) >= 11 is 0. The van der Waals surface area contributed by atoms with Gasteiger partial charge in [-0.05, 0) is 57.3 Å². The molecule has 0 heterocycles. The predicted octanol–water partition coefficient (Wildman–Crippen LogP) is 4.32. The number of rotatable bonds is 2. The van der Waals surface area contributed by atoms with Crippen molar-refractivity contribution in [2.24, 2.45) is 11.8 Å². The largest absolute Gasteiger partial charge is 0.547 e. The van der Waals surface area contributed by atoms with Crippen LogP contribution in [0.5, 0.6) is 0 Å². The lowest BCUT2D eigenvalue weighted by Crippen LogP contribution is -2.32. The van der Waals surface area contributed by atoms with Crippen LogP contribution in [0.4, 0.5) is 0 Å². The zero-order chi connectivity index (χ0) is 10.9. The molecule has 2 rings (SSSR count). The zero-order valence-corrected chi connectivity index (χ0v) is 11.4. The maximum Gasteiger partial charge on any atom is 0.241 e. The minimum Gasteiger partial charge on any atom is -0.547 e. The fraction of sp³-hybridized carbons (Fsp3) is 0.846. The van der Waals surface area contributed by atoms with Gasteiger partial charge in [0, 0.05) is 5.92 Å². The molecule has 2 aliphatic carbocycles. The fourth-order valence-electron chi connectivity index (χ4n) is 2.99. The molecule has 0 radical (unpaired) electrons. The smallest absolute Gasteiger partial charge is 0.241 e. The molecule has 0 bridgehead atoms. The second kappa shape index (κ2) is 4.32. The molecule has 0 unspecified atom stereocenters. The minimum absolute atomic E-state index is 0.777. The molecule has 0 N–H and O–H groups in total. The first-order valence-electron chi connectivity index (χ1n) is 6.45. The molecule has 86 valence electrons. The van der Waals surface area contributed by atoms with Gasteiger partial charge in [-0.2, -0.15) is 0 Å². The van der Waals surface area contributed by atoms with Crippen LogP contribution in [0.2, 0.25) is 19.6 Å². The van der Waals surface area contributed by atoms with E-state index in [2.05, 4.69) is 25.7 Å². The van der Waals surface area contributed by atoms with E-state index in [1.165, 1.54) is 44.3 Å². The summed E-state index contributed by atoms with van der Waals surface area (Å²) in [7, 11) is -1.39. The van der Waals surface area contributed by atoms with Crippen molar-refractivity contribution in [1.29, 1.82) is 0 Å². The SMILES string of the molecule is C[Si](C)(C)OC1=CCC[C@H]2CCCC[C@H]12. The first-order chi connectivity index (χ1) is 7.06. The van der Waals surface area contributed by atoms with E-state index in [4.69, 9.17) is 4.43 Å². The van der Waals surface area contributed by atoms with Gasteiger partial charge in [0.2, 0.25) is 8.32 Å². The van der Waals surface area contributed by atoms with Crippen molar-refractivity contribution in [3.8, 4) is 0 Å². The summed E-state index contributed by atoms with van der Waals surface area (Å²) in [5.41, 5.74) is 0. The summed E-state index contributed by atoms with van der Waals surface area (Å²) in [6.45, 7) is 6.88. The summed E-state index contributed by atoms with van der Waals surface area (Å²) in [6, 6.07) is 0. The Bertz CT molecular complexity index is 252. The van der Waals surface area contributed by atoms with Crippen LogP contribution in [-0.2, 0) is 4.43 Å². The molecule has 0 saturated heterocycles. The Balaban J connectivity index is 2.06. The van der Waals surface area contributed by atoms with Crippen molar-refractivity contribution in [2.75, 3.05) is 0 Å². The van der Waals surface area contributed by atoms with E-state index in [9.17, 15) is 0 Å². The van der Waals surface area contributed by atoms with Gasteiger partial charge in [-0.15, -0.1) is 0 Å². The van der Waals surface area contributed by atoms with Crippen LogP contribution < -0.4 is 0 Å². The lowest BCUT2D eigenvalue weighted by molar-refractivity contribution is 0.184. The molecule has 0 aromatic rings. The highest BCUT2D eigenvalue weighted by atomic mass is 28.4. The third-order valence-electron chi connectivity index (χ3n) is 3.58. The number of hydrogen-bond donors (Lipinski definition) is 0. The van der Waals surface area contributed by atoms with Crippen LogP contribution in [0.15, 0.2) is 11.8 Å². The molecule has 0 aromatic heterocycles. The van der Waals surface area contributed by atoms with Gasteiger partial charge >= 0.3 is 0 Å². The van der Waals surface area contributed by atoms with Crippen LogP contribution in [0.1, 0.15) is 38.5 Å². The lowest BCUT2D eigenvalue weighted by Gasteiger charge is -2.38. The van der Waals surface area contributed by atoms with Gasteiger partial charge in [0.1, 0.15) is 0 Å². The summed E-state index contributed by atoms with van der Waals surface area (Å²) in [5.74, 6) is 3.08. The third-order valence-corrected chi connectivity index (χ3v) is 4.43. The fourth-order valence-corrected chi connectivity index (χ4v) is 3.93. The third kappa shape index (κ3) is 2.87. The van der Waals surface area contributed by atoms with E-state index in [-0.39, 0.29) is 0 Å². The Morgan fingerprint density at radius 2 is 1.87 bits per heavy atom. The Morgan fingerprint density at radius 3 is 2.60 bits per heavy atom. The normalized spacial score (nSPS) is 31.8. The Kier molecular flexibility index (Phi) is 3.24. The maximum absolute atomic E-state index is 6.25. The van der Waals surface area contributed by atoms with Gasteiger partial charge in [0.25, 0.3) is 0 Å². The first kappa shape index (κ1) is 11.2. The highest BCUT2D eigenvalue weighted by molar-refractivity contribution is 6.70. The first-order valence-corrected chi connectivity index (χ1v) is 9.86. The molecule has 2 aliphatic rings. The van der Waals surface area contributed by atoms with E-state index in [1.54, 1.807) is 0 Å². The molecule has 2 atom stereocenters. The second-order valence-corrected chi connectivity index (χ2v) is 10.5. The van der Waals surface area contributed by atoms with E-state index in [1.807, 2.05) is 0 Å². The van der Waals surface area contributed by atoms with Crippen molar-refractivity contribution in [3.63, 3.8) is 0 Å². The summed E-state index contributed by atoms with van der Waals surface area (Å²) in [6.07, 6.45) is 10.7. The quantitative estimate of drug-likeness (QED) is 0.635. The monoisotopic (exact) mass is 224 g/mol. The molecular weight excluding hydrogens is 200 g/mol. The van der Waals surface area contributed by atoms with E-state index in [0.717, 1.165) is 11.8 Å². The Labute approximate surface area is 95.0 Å². The summed E-state index contributed by atoms with van der Waals surface area (Å²) < 4.78 is 6.25. The molecule has 1 fully saturated rings. The summed E-state index contributed by atoms with van der Waals surface area (Å²) in [4.78, 5) is 0. The van der Waals surface area contributed by atoms with Gasteiger partial charge in [-0.1, -0.05) is 12.8 Å². The van der Waals surface area contributed by atoms with Crippen LogP contribution in [0.25, 0.3) is 0 Å². The van der Waals surface area contributed by atoms with Gasteiger partial charge in [0.15, 0.2) is 0 Å². The molecule has 0 aliphatic heterocycles. The van der Waals surface area contributed by atoms with Crippen molar-refractivity contribution in [2.45, 2.75) is 58.2 Å². The molecule has 0 spiro atoms. The molecule has 15 heavy (non-hydrogen) atoms. The number of hydrogen-bond acceptors (Lipinski definition) is 1. The van der Waals surface area contributed by atoms with E-state index >= 15 is 0 Å². The average molecular weight is 224 g/mol. The number of fused-ring (bicyclic) bond motifs is 1. The van der Waals surface area contributed by atoms with Crippen molar-refractivity contribution >= 4 is 8.32 Å². The van der Waals surface area contributed by atoms with Crippen LogP contribution in [0, 0.1) is 11.8 Å². The Hall–Kier alpha value is -0.243. The molecule has 0 aromatic carbocycles. The van der Waals surface area contributed by atoms with Crippen molar-refractivity contribution < 1.29 is 4.43 Å². The molecule has 2 heteroatoms. The van der Waals surface area contributed by atoms with E-state index < -0.39 is 8.32 Å². The maximum atomic E-state index is 6.25. The minimum atomic E-state index is -1.39. The standard InChI is InChI=1S/C13H24OSi/c1-15(2,3)14-13-10-6-8-11-7-4-5-9-12(11)13/h10-12H,4-9H2,1-3H3/t11-,12+/m1/s1. The molecule has 0 amide bonds. The highest BCUT2D eigenvalue weighted by Crippen LogP contribution is 2.42. The van der Waals surface area contributed by atoms with Crippen LogP contribution in [-0.4, -0.2) is 8.32 Å². The Morgan fingerprint density at radius 1 is 1.13 bits per heavy atom. The topological polar surface area (TPSA) is 9.23 Å². The van der Waals surface area contributed by atoms with Gasteiger partial charge in [0.05, 0.1) is 5.76 Å². The lowest BCUT2D eigenvalue weighted by atomic mass is 9.73. The van der Waals surface area contributed by atoms with Crippen molar-refractivity contribution in [3.05, 3.63) is 11.8 Å². The predicted molar refractivity (Wildman–Crippen MR) is 67.2 cm³/mol. The van der Waals surface area contributed by atoms with Crippen LogP contribution >= 0.6 is 0 Å². The zero-order valence-electron chi connectivity index (χ0n) is 10.4. The highest BCUT2D eigenvalue weighted by Gasteiger charge is 2.33. The van der Waals surface area contributed by atoms with Crippen molar-refractivity contribution in [1.82, 2.24) is 0 Å². The average Bonchev–Trinajstić information content (AvgIpc) is 2.16. The van der Waals surface area contributed by atoms with Gasteiger partial charge < -0.3 is 4.43 Å². The molecule has 1 nitrogen and oxygen atoms in total. The van der Waals surface area contributed by atoms with E-state index in [0.29, 0.717) is 0 Å². The molecule has 1 saturated carbocycles.